The van der Waals surface area contributed by atoms with Crippen molar-refractivity contribution in [2.45, 2.75) is 0 Å². The Morgan fingerprint density at radius 2 is 1.62 bits per heavy atom. The summed E-state index contributed by atoms with van der Waals surface area (Å²) >= 11 is 0. The van der Waals surface area contributed by atoms with Crippen molar-refractivity contribution in [2.75, 3.05) is 5.32 Å². The molecule has 1 aliphatic rings. The fraction of sp³-hybridized carbons (Fsp3) is 0. The van der Waals surface area contributed by atoms with Gasteiger partial charge in [0.15, 0.2) is 11.5 Å². The van der Waals surface area contributed by atoms with Crippen LogP contribution in [0.1, 0.15) is 5.56 Å². The summed E-state index contributed by atoms with van der Waals surface area (Å²) in [6.07, 6.45) is -0.434. The van der Waals surface area contributed by atoms with Crippen LogP contribution in [0.5, 0.6) is 0 Å². The van der Waals surface area contributed by atoms with Gasteiger partial charge in [-0.3, -0.25) is 0 Å². The average molecular weight is 178 g/mol. The van der Waals surface area contributed by atoms with E-state index < -0.39 is 12.0 Å². The zero-order valence-electron chi connectivity index (χ0n) is 6.65. The Morgan fingerprint density at radius 3 is 2.38 bits per heavy atom. The van der Waals surface area contributed by atoms with Gasteiger partial charge in [-0.15, -0.1) is 0 Å². The first-order chi connectivity index (χ1) is 6.20. The molecule has 0 fully saturated rings. The lowest BCUT2D eigenvalue weighted by atomic mass is 10.1. The molecule has 67 valence electrons. The molecule has 1 aromatic carbocycles. The zero-order valence-corrected chi connectivity index (χ0v) is 6.65. The molecule has 0 bridgehead atoms. The van der Waals surface area contributed by atoms with Gasteiger partial charge in [-0.25, -0.2) is 0 Å². The van der Waals surface area contributed by atoms with E-state index in [0.29, 0.717) is 11.3 Å². The van der Waals surface area contributed by atoms with Crippen LogP contribution in [0.15, 0.2) is 30.0 Å². The van der Waals surface area contributed by atoms with Crippen molar-refractivity contribution in [2.24, 2.45) is 0 Å². The number of nitrogens with one attached hydrogen (secondary N) is 1. The number of rotatable bonds is 0. The highest BCUT2D eigenvalue weighted by Gasteiger charge is 2.25. The number of aliphatic hydroxyl groups excluding tert-OH is 3. The van der Waals surface area contributed by atoms with Gasteiger partial charge >= 0.3 is 0 Å². The summed E-state index contributed by atoms with van der Waals surface area (Å²) in [7, 11) is 0. The first kappa shape index (κ1) is 7.94. The Kier molecular flexibility index (Phi) is 1.63. The van der Waals surface area contributed by atoms with Crippen molar-refractivity contribution in [3.63, 3.8) is 0 Å². The van der Waals surface area contributed by atoms with Crippen molar-refractivity contribution in [1.29, 1.82) is 0 Å². The SMILES string of the molecule is O[C]1Nc2ccccc2C(O)=C1O. The van der Waals surface area contributed by atoms with E-state index in [2.05, 4.69) is 5.32 Å². The molecule has 0 saturated carbocycles. The van der Waals surface area contributed by atoms with Crippen molar-refractivity contribution in [3.8, 4) is 0 Å². The number of benzene rings is 1. The molecule has 13 heavy (non-hydrogen) atoms. The normalized spacial score (nSPS) is 16.7. The average Bonchev–Trinajstić information content (AvgIpc) is 2.15. The molecular formula is C9H8NO3. The molecule has 1 aromatic rings. The summed E-state index contributed by atoms with van der Waals surface area (Å²) in [4.78, 5) is 0. The van der Waals surface area contributed by atoms with Gasteiger partial charge in [-0.1, -0.05) is 12.1 Å². The highest BCUT2D eigenvalue weighted by molar-refractivity contribution is 5.78. The second-order valence-corrected chi connectivity index (χ2v) is 2.72. The third kappa shape index (κ3) is 1.11. The quantitative estimate of drug-likeness (QED) is 0.488. The molecule has 0 aliphatic carbocycles. The third-order valence-electron chi connectivity index (χ3n) is 1.88. The van der Waals surface area contributed by atoms with Crippen molar-refractivity contribution in [1.82, 2.24) is 0 Å². The molecule has 0 atom stereocenters. The summed E-state index contributed by atoms with van der Waals surface area (Å²) in [5.74, 6) is -0.842. The number of aliphatic hydroxyl groups is 3. The minimum Gasteiger partial charge on any atom is -0.504 e. The number of anilines is 1. The standard InChI is InChI=1S/C9H8NO3/c11-7-5-3-1-2-4-6(5)10-9(13)8(7)12/h1-4,10-13H. The van der Waals surface area contributed by atoms with E-state index in [1.165, 1.54) is 0 Å². The number of para-hydroxylation sites is 1. The van der Waals surface area contributed by atoms with E-state index in [1.807, 2.05) is 0 Å². The molecule has 4 heteroatoms. The first-order valence-corrected chi connectivity index (χ1v) is 3.75. The molecule has 1 aliphatic heterocycles. The lowest BCUT2D eigenvalue weighted by Crippen LogP contribution is -2.18. The monoisotopic (exact) mass is 178 g/mol. The number of hydrogen-bond donors (Lipinski definition) is 4. The largest absolute Gasteiger partial charge is 0.504 e. The molecule has 0 spiro atoms. The summed E-state index contributed by atoms with van der Waals surface area (Å²) in [6, 6.07) is 6.82. The molecule has 2 rings (SSSR count). The van der Waals surface area contributed by atoms with Crippen molar-refractivity contribution < 1.29 is 15.3 Å². The van der Waals surface area contributed by atoms with Crippen LogP contribution in [0.4, 0.5) is 5.69 Å². The predicted octanol–water partition coefficient (Wildman–Crippen LogP) is 1.76. The Bertz CT molecular complexity index is 373. The van der Waals surface area contributed by atoms with Crippen LogP contribution in [0.25, 0.3) is 5.76 Å². The van der Waals surface area contributed by atoms with Gasteiger partial charge in [0.25, 0.3) is 6.23 Å². The number of fused-ring (bicyclic) bond motifs is 1. The van der Waals surface area contributed by atoms with Gasteiger partial charge in [-0.05, 0) is 12.1 Å². The maximum absolute atomic E-state index is 9.41. The highest BCUT2D eigenvalue weighted by atomic mass is 16.4. The van der Waals surface area contributed by atoms with Crippen LogP contribution >= 0.6 is 0 Å². The summed E-state index contributed by atoms with van der Waals surface area (Å²) in [6.45, 7) is 0. The number of hydrogen-bond acceptors (Lipinski definition) is 4. The van der Waals surface area contributed by atoms with Crippen molar-refractivity contribution >= 4 is 11.4 Å². The van der Waals surface area contributed by atoms with E-state index in [-0.39, 0.29) is 5.76 Å². The third-order valence-corrected chi connectivity index (χ3v) is 1.88. The molecule has 1 radical (unpaired) electrons. The maximum Gasteiger partial charge on any atom is 0.255 e. The molecule has 4 N–H and O–H groups in total. The Balaban J connectivity index is 2.59. The maximum atomic E-state index is 9.41. The summed E-state index contributed by atoms with van der Waals surface area (Å²) in [5.41, 5.74) is 1.04. The summed E-state index contributed by atoms with van der Waals surface area (Å²) in [5, 5.41) is 30.3. The molecule has 0 saturated heterocycles. The van der Waals surface area contributed by atoms with Crippen LogP contribution in [0, 0.1) is 6.23 Å². The molecule has 0 amide bonds. The van der Waals surface area contributed by atoms with Crippen LogP contribution in [0.3, 0.4) is 0 Å². The molecule has 0 unspecified atom stereocenters. The van der Waals surface area contributed by atoms with E-state index in [9.17, 15) is 10.2 Å². The van der Waals surface area contributed by atoms with Crippen LogP contribution in [-0.2, 0) is 0 Å². The van der Waals surface area contributed by atoms with E-state index in [1.54, 1.807) is 24.3 Å². The van der Waals surface area contributed by atoms with Gasteiger partial charge in [0, 0.05) is 11.3 Å². The highest BCUT2D eigenvalue weighted by Crippen LogP contribution is 2.32. The van der Waals surface area contributed by atoms with E-state index in [0.717, 1.165) is 0 Å². The van der Waals surface area contributed by atoms with E-state index in [4.69, 9.17) is 5.11 Å². The summed E-state index contributed by atoms with van der Waals surface area (Å²) < 4.78 is 0. The van der Waals surface area contributed by atoms with Gasteiger partial charge in [0.1, 0.15) is 0 Å². The molecule has 1 heterocycles. The lowest BCUT2D eigenvalue weighted by Gasteiger charge is -2.21. The molecule has 4 nitrogen and oxygen atoms in total. The predicted molar refractivity (Wildman–Crippen MR) is 47.4 cm³/mol. The molecular weight excluding hydrogens is 170 g/mol. The second kappa shape index (κ2) is 2.67. The van der Waals surface area contributed by atoms with Gasteiger partial charge in [0.2, 0.25) is 0 Å². The van der Waals surface area contributed by atoms with Crippen molar-refractivity contribution in [3.05, 3.63) is 41.8 Å². The van der Waals surface area contributed by atoms with Gasteiger partial charge in [-0.2, -0.15) is 0 Å². The zero-order chi connectivity index (χ0) is 9.42. The Labute approximate surface area is 74.8 Å². The van der Waals surface area contributed by atoms with Gasteiger partial charge < -0.3 is 20.6 Å². The van der Waals surface area contributed by atoms with Gasteiger partial charge in [0.05, 0.1) is 0 Å². The fourth-order valence-corrected chi connectivity index (χ4v) is 1.23. The Hall–Kier alpha value is -1.68. The fourth-order valence-electron chi connectivity index (χ4n) is 1.23. The second-order valence-electron chi connectivity index (χ2n) is 2.72. The van der Waals surface area contributed by atoms with Crippen LogP contribution in [0.2, 0.25) is 0 Å². The minimum absolute atomic E-state index is 0.313. The Morgan fingerprint density at radius 1 is 0.923 bits per heavy atom. The smallest absolute Gasteiger partial charge is 0.255 e. The van der Waals surface area contributed by atoms with Crippen LogP contribution in [-0.4, -0.2) is 15.3 Å². The minimum atomic E-state index is -0.529. The van der Waals surface area contributed by atoms with E-state index >= 15 is 0 Å². The van der Waals surface area contributed by atoms with Crippen LogP contribution < -0.4 is 5.32 Å². The first-order valence-electron chi connectivity index (χ1n) is 3.75. The molecule has 0 aromatic heterocycles. The topological polar surface area (TPSA) is 72.7 Å². The lowest BCUT2D eigenvalue weighted by molar-refractivity contribution is 0.255.